The first-order valence-electron chi connectivity index (χ1n) is 15.2. The molecule has 2 aromatic carbocycles. The third-order valence-corrected chi connectivity index (χ3v) is 6.16. The van der Waals surface area contributed by atoms with Gasteiger partial charge in [-0.15, -0.1) is 0 Å². The van der Waals surface area contributed by atoms with Crippen LogP contribution in [0.25, 0.3) is 0 Å². The van der Waals surface area contributed by atoms with Crippen LogP contribution in [0, 0.1) is 0 Å². The molecule has 0 atom stereocenters. The first-order valence-corrected chi connectivity index (χ1v) is 15.2. The molecule has 48 heavy (non-hydrogen) atoms. The Hall–Kier alpha value is -5.54. The Morgan fingerprint density at radius 1 is 0.583 bits per heavy atom. The molecule has 0 aliphatic carbocycles. The van der Waals surface area contributed by atoms with Crippen molar-refractivity contribution < 1.29 is 58.0 Å². The number of carbonyl (C=O) groups excluding carboxylic acids is 4. The van der Waals surface area contributed by atoms with Crippen LogP contribution in [-0.2, 0) is 38.1 Å². The van der Waals surface area contributed by atoms with Gasteiger partial charge in [-0.2, -0.15) is 0 Å². The minimum absolute atomic E-state index is 0.0765. The molecule has 0 heterocycles. The van der Waals surface area contributed by atoms with Gasteiger partial charge in [0.1, 0.15) is 50.9 Å². The number of benzene rings is 2. The van der Waals surface area contributed by atoms with Gasteiger partial charge in [-0.05, 0) is 63.1 Å². The fourth-order valence-corrected chi connectivity index (χ4v) is 4.31. The molecule has 0 aliphatic heterocycles. The van der Waals surface area contributed by atoms with E-state index < -0.39 is 23.9 Å². The molecule has 0 saturated carbocycles. The summed E-state index contributed by atoms with van der Waals surface area (Å²) in [5, 5.41) is 24.3. The van der Waals surface area contributed by atoms with Crippen LogP contribution in [0.2, 0.25) is 0 Å². The molecule has 16 nitrogen and oxygen atoms in total. The van der Waals surface area contributed by atoms with Crippen LogP contribution in [0.5, 0.6) is 11.5 Å². The zero-order valence-electron chi connectivity index (χ0n) is 27.5. The van der Waals surface area contributed by atoms with Gasteiger partial charge in [-0.25, -0.2) is 0 Å². The van der Waals surface area contributed by atoms with Gasteiger partial charge >= 0.3 is 23.9 Å². The Kier molecular flexibility index (Phi) is 17.1. The lowest BCUT2D eigenvalue weighted by Gasteiger charge is -2.26. The quantitative estimate of drug-likeness (QED) is 0.0490. The van der Waals surface area contributed by atoms with E-state index in [0.29, 0.717) is 22.5 Å². The number of hydrogen-bond acceptors (Lipinski definition) is 16. The monoisotopic (exact) mass is 674 g/mol. The van der Waals surface area contributed by atoms with Crippen molar-refractivity contribution >= 4 is 47.7 Å². The SMILES string of the molecule is CCOC(=O)CN(CC(=O)OCC)c1ccc(/C=N/O)cc1OCCOc1cc(/C=N/O)ccc1N(CC(=O)OCC)CC(=O)OCC. The average molecular weight is 675 g/mol. The highest BCUT2D eigenvalue weighted by Crippen LogP contribution is 2.31. The molecule has 0 spiro atoms. The first-order chi connectivity index (χ1) is 23.2. The van der Waals surface area contributed by atoms with Crippen LogP contribution in [0.4, 0.5) is 11.4 Å². The summed E-state index contributed by atoms with van der Waals surface area (Å²) in [6, 6.07) is 9.47. The Bertz CT molecular complexity index is 1270. The largest absolute Gasteiger partial charge is 0.488 e. The maximum absolute atomic E-state index is 12.4. The van der Waals surface area contributed by atoms with Gasteiger partial charge in [0.2, 0.25) is 0 Å². The van der Waals surface area contributed by atoms with Gasteiger partial charge < -0.3 is 48.6 Å². The number of hydrogen-bond donors (Lipinski definition) is 2. The molecule has 16 heteroatoms. The molecular formula is C32H42N4O12. The van der Waals surface area contributed by atoms with E-state index in [-0.39, 0.29) is 77.3 Å². The predicted molar refractivity (Wildman–Crippen MR) is 174 cm³/mol. The maximum atomic E-state index is 12.4. The molecule has 0 aromatic heterocycles. The van der Waals surface area contributed by atoms with E-state index in [9.17, 15) is 19.2 Å². The highest BCUT2D eigenvalue weighted by Gasteiger charge is 2.23. The van der Waals surface area contributed by atoms with Crippen molar-refractivity contribution in [3.05, 3.63) is 47.5 Å². The molecular weight excluding hydrogens is 632 g/mol. The Morgan fingerprint density at radius 3 is 1.17 bits per heavy atom. The lowest BCUT2D eigenvalue weighted by Crippen LogP contribution is -2.36. The number of ether oxygens (including phenoxy) is 6. The summed E-state index contributed by atoms with van der Waals surface area (Å²) in [7, 11) is 0. The summed E-state index contributed by atoms with van der Waals surface area (Å²) in [6.45, 7) is 5.92. The van der Waals surface area contributed by atoms with Crippen LogP contribution in [-0.4, -0.2) is 113 Å². The fourth-order valence-electron chi connectivity index (χ4n) is 4.31. The van der Waals surface area contributed by atoms with Crippen molar-refractivity contribution in [3.8, 4) is 11.5 Å². The van der Waals surface area contributed by atoms with E-state index in [1.807, 2.05) is 0 Å². The van der Waals surface area contributed by atoms with E-state index in [1.165, 1.54) is 22.2 Å². The summed E-state index contributed by atoms with van der Waals surface area (Å²) in [5.41, 5.74) is 1.61. The molecule has 0 aliphatic rings. The number of rotatable bonds is 21. The van der Waals surface area contributed by atoms with Crippen LogP contribution in [0.15, 0.2) is 46.7 Å². The molecule has 2 aromatic rings. The van der Waals surface area contributed by atoms with Crippen LogP contribution < -0.4 is 19.3 Å². The molecule has 2 rings (SSSR count). The predicted octanol–water partition coefficient (Wildman–Crippen LogP) is 2.63. The van der Waals surface area contributed by atoms with Crippen molar-refractivity contribution in [1.29, 1.82) is 0 Å². The van der Waals surface area contributed by atoms with E-state index in [0.717, 1.165) is 0 Å². The topological polar surface area (TPSA) is 195 Å². The minimum Gasteiger partial charge on any atom is -0.488 e. The zero-order chi connectivity index (χ0) is 35.3. The molecule has 0 amide bonds. The van der Waals surface area contributed by atoms with E-state index >= 15 is 0 Å². The second-order valence-corrected chi connectivity index (χ2v) is 9.57. The summed E-state index contributed by atoms with van der Waals surface area (Å²) in [6.07, 6.45) is 2.35. The van der Waals surface area contributed by atoms with Gasteiger partial charge in [0.05, 0.1) is 50.2 Å². The summed E-state index contributed by atoms with van der Waals surface area (Å²) in [5.74, 6) is -1.87. The summed E-state index contributed by atoms with van der Waals surface area (Å²) in [4.78, 5) is 52.5. The standard InChI is InChI=1S/C32H42N4O12/c1-5-43-29(37)19-35(20-30(38)44-6-2)25-11-9-23(17-33-41)15-27(25)47-13-14-48-28-16-24(18-34-42)10-12-26(28)36(21-31(39)45-7-3)22-32(40)46-8-4/h9-12,15-18,41-42H,5-8,13-14,19-22H2,1-4H3/b33-17+,34-18+. The van der Waals surface area contributed by atoms with Crippen molar-refractivity contribution in [1.82, 2.24) is 0 Å². The van der Waals surface area contributed by atoms with Crippen molar-refractivity contribution in [2.24, 2.45) is 10.3 Å². The molecule has 0 bridgehead atoms. The third kappa shape index (κ3) is 13.1. The van der Waals surface area contributed by atoms with Crippen LogP contribution >= 0.6 is 0 Å². The molecule has 0 unspecified atom stereocenters. The van der Waals surface area contributed by atoms with E-state index in [2.05, 4.69) is 10.3 Å². The zero-order valence-corrected chi connectivity index (χ0v) is 27.5. The van der Waals surface area contributed by atoms with Gasteiger partial charge in [-0.1, -0.05) is 22.4 Å². The number of nitrogens with zero attached hydrogens (tertiary/aromatic N) is 4. The van der Waals surface area contributed by atoms with Crippen molar-refractivity contribution in [2.75, 3.05) is 75.6 Å². The van der Waals surface area contributed by atoms with Crippen molar-refractivity contribution in [2.45, 2.75) is 27.7 Å². The lowest BCUT2D eigenvalue weighted by molar-refractivity contribution is -0.144. The first kappa shape index (κ1) is 38.6. The fraction of sp³-hybridized carbons (Fsp3) is 0.438. The lowest BCUT2D eigenvalue weighted by atomic mass is 10.1. The normalized spacial score (nSPS) is 10.8. The molecule has 0 saturated heterocycles. The van der Waals surface area contributed by atoms with E-state index in [4.69, 9.17) is 38.8 Å². The average Bonchev–Trinajstić information content (AvgIpc) is 3.03. The third-order valence-electron chi connectivity index (χ3n) is 6.16. The number of anilines is 2. The smallest absolute Gasteiger partial charge is 0.325 e. The second-order valence-electron chi connectivity index (χ2n) is 9.57. The van der Waals surface area contributed by atoms with Gasteiger partial charge in [0.25, 0.3) is 0 Å². The minimum atomic E-state index is -0.578. The Morgan fingerprint density at radius 2 is 0.896 bits per heavy atom. The van der Waals surface area contributed by atoms with E-state index in [1.54, 1.807) is 64.1 Å². The number of esters is 4. The highest BCUT2D eigenvalue weighted by molar-refractivity contribution is 5.87. The van der Waals surface area contributed by atoms with Gasteiger partial charge in [0.15, 0.2) is 0 Å². The molecule has 0 radical (unpaired) electrons. The van der Waals surface area contributed by atoms with Crippen LogP contribution in [0.1, 0.15) is 38.8 Å². The maximum Gasteiger partial charge on any atom is 0.325 e. The molecule has 0 fully saturated rings. The van der Waals surface area contributed by atoms with Crippen molar-refractivity contribution in [3.63, 3.8) is 0 Å². The number of oxime groups is 2. The Balaban J connectivity index is 2.39. The number of carbonyl (C=O) groups is 4. The van der Waals surface area contributed by atoms with Gasteiger partial charge in [-0.3, -0.25) is 19.2 Å². The van der Waals surface area contributed by atoms with Crippen LogP contribution in [0.3, 0.4) is 0 Å². The molecule has 262 valence electrons. The second kappa shape index (κ2) is 21.3. The summed E-state index contributed by atoms with van der Waals surface area (Å²) >= 11 is 0. The summed E-state index contributed by atoms with van der Waals surface area (Å²) < 4.78 is 32.4. The highest BCUT2D eigenvalue weighted by atomic mass is 16.6. The van der Waals surface area contributed by atoms with Gasteiger partial charge in [0, 0.05) is 0 Å². The Labute approximate surface area is 278 Å². The molecule has 2 N–H and O–H groups in total.